The Morgan fingerprint density at radius 2 is 1.77 bits per heavy atom. The van der Waals surface area contributed by atoms with E-state index in [-0.39, 0.29) is 30.3 Å². The van der Waals surface area contributed by atoms with E-state index in [2.05, 4.69) is 28.1 Å². The van der Waals surface area contributed by atoms with Crippen molar-refractivity contribution < 1.29 is 14.3 Å². The third kappa shape index (κ3) is 8.00. The van der Waals surface area contributed by atoms with Gasteiger partial charge in [0.15, 0.2) is 0 Å². The summed E-state index contributed by atoms with van der Waals surface area (Å²) >= 11 is 12.9. The fourth-order valence-corrected chi connectivity index (χ4v) is 6.87. The molecule has 1 aromatic carbocycles. The van der Waals surface area contributed by atoms with Crippen molar-refractivity contribution in [3.63, 3.8) is 0 Å². The number of piperidine rings is 1. The molecule has 8 heteroatoms. The van der Waals surface area contributed by atoms with Gasteiger partial charge >= 0.3 is 5.97 Å². The van der Waals surface area contributed by atoms with Crippen LogP contribution < -0.4 is 5.32 Å². The fourth-order valence-electron chi connectivity index (χ4n) is 6.35. The summed E-state index contributed by atoms with van der Waals surface area (Å²) in [6.07, 6.45) is 9.36. The number of nitrogens with zero attached hydrogens (tertiary/aromatic N) is 2. The number of amides is 1. The van der Waals surface area contributed by atoms with Crippen LogP contribution in [0.5, 0.6) is 0 Å². The summed E-state index contributed by atoms with van der Waals surface area (Å²) in [4.78, 5) is 31.9. The molecule has 0 radical (unpaired) electrons. The summed E-state index contributed by atoms with van der Waals surface area (Å²) in [7, 11) is 0. The van der Waals surface area contributed by atoms with E-state index < -0.39 is 11.0 Å². The lowest BCUT2D eigenvalue weighted by Crippen LogP contribution is -2.53. The van der Waals surface area contributed by atoms with Crippen LogP contribution in [-0.2, 0) is 20.9 Å². The second kappa shape index (κ2) is 12.9. The van der Waals surface area contributed by atoms with Crippen molar-refractivity contribution in [1.82, 2.24) is 15.1 Å². The summed E-state index contributed by atoms with van der Waals surface area (Å²) in [6, 6.07) is 5.61. The molecule has 2 aliphatic heterocycles. The number of hydrogen-bond donors (Lipinski definition) is 1. The van der Waals surface area contributed by atoms with Gasteiger partial charge in [-0.1, -0.05) is 47.8 Å². The maximum absolute atomic E-state index is 14.1. The van der Waals surface area contributed by atoms with Gasteiger partial charge in [0.05, 0.1) is 11.8 Å². The average molecular weight is 579 g/mol. The highest BCUT2D eigenvalue weighted by Crippen LogP contribution is 2.42. The lowest BCUT2D eigenvalue weighted by atomic mass is 9.75. The molecule has 4 rings (SSSR count). The number of halogens is 2. The zero-order valence-corrected chi connectivity index (χ0v) is 25.5. The number of rotatable bonds is 8. The molecule has 6 nitrogen and oxygen atoms in total. The van der Waals surface area contributed by atoms with Crippen LogP contribution in [0.15, 0.2) is 29.8 Å². The highest BCUT2D eigenvalue weighted by atomic mass is 35.5. The van der Waals surface area contributed by atoms with E-state index in [4.69, 9.17) is 27.9 Å². The van der Waals surface area contributed by atoms with E-state index in [1.54, 1.807) is 5.57 Å². The number of hydrogen-bond acceptors (Lipinski definition) is 5. The number of benzene rings is 1. The molecule has 216 valence electrons. The zero-order chi connectivity index (χ0) is 28.2. The molecule has 0 aromatic heterocycles. The summed E-state index contributed by atoms with van der Waals surface area (Å²) in [5.41, 5.74) is 0.933. The monoisotopic (exact) mass is 577 g/mol. The van der Waals surface area contributed by atoms with Crippen LogP contribution in [0, 0.1) is 11.3 Å². The third-order valence-corrected chi connectivity index (χ3v) is 9.20. The Balaban J connectivity index is 1.44. The van der Waals surface area contributed by atoms with Gasteiger partial charge in [0.25, 0.3) is 0 Å². The molecule has 1 aromatic rings. The molecule has 0 bridgehead atoms. The van der Waals surface area contributed by atoms with Crippen LogP contribution in [0.2, 0.25) is 10.0 Å². The van der Waals surface area contributed by atoms with Gasteiger partial charge in [-0.25, -0.2) is 0 Å². The van der Waals surface area contributed by atoms with Crippen LogP contribution in [-0.4, -0.2) is 66.0 Å². The number of nitrogens with one attached hydrogen (secondary N) is 1. The lowest BCUT2D eigenvalue weighted by molar-refractivity contribution is -0.161. The first-order valence-electron chi connectivity index (χ1n) is 14.5. The molecule has 39 heavy (non-hydrogen) atoms. The lowest BCUT2D eigenvalue weighted by Gasteiger charge is -2.37. The molecule has 0 spiro atoms. The van der Waals surface area contributed by atoms with Gasteiger partial charge < -0.3 is 10.1 Å². The molecule has 1 amide bonds. The van der Waals surface area contributed by atoms with Crippen molar-refractivity contribution in [2.45, 2.75) is 90.8 Å². The van der Waals surface area contributed by atoms with E-state index in [1.807, 2.05) is 39.0 Å². The van der Waals surface area contributed by atoms with Crippen molar-refractivity contribution >= 4 is 35.1 Å². The quantitative estimate of drug-likeness (QED) is 0.292. The summed E-state index contributed by atoms with van der Waals surface area (Å²) in [6.45, 7) is 12.3. The summed E-state index contributed by atoms with van der Waals surface area (Å²) in [5.74, 6) is -0.413. The van der Waals surface area contributed by atoms with E-state index in [1.165, 1.54) is 25.7 Å². The minimum absolute atomic E-state index is 0.0374. The Kier molecular flexibility index (Phi) is 10.1. The van der Waals surface area contributed by atoms with Crippen molar-refractivity contribution in [1.29, 1.82) is 0 Å². The number of likely N-dealkylation sites (tertiary alicyclic amines) is 2. The Morgan fingerprint density at radius 1 is 1.08 bits per heavy atom. The van der Waals surface area contributed by atoms with E-state index in [9.17, 15) is 9.59 Å². The van der Waals surface area contributed by atoms with Gasteiger partial charge in [0.1, 0.15) is 5.60 Å². The minimum atomic E-state index is -0.875. The maximum atomic E-state index is 14.1. The van der Waals surface area contributed by atoms with Gasteiger partial charge in [-0.3, -0.25) is 19.4 Å². The molecular weight excluding hydrogens is 533 g/mol. The second-order valence-corrected chi connectivity index (χ2v) is 13.6. The SMILES string of the molecule is C[C@@H]1CN(Cc2c(Cl)cccc2Cl)C[C@]1(CC(=O)OC(C)(C)C)C(=O)NC1CCN(CC2=CCCCC2)CC1. The molecule has 2 fully saturated rings. The molecular formula is C31H45Cl2N3O3. The standard InChI is InChI=1S/C31H45Cl2N3O3/c1-22-18-36(20-25-26(32)11-8-12-27(25)33)21-31(22,17-28(37)39-30(2,3)4)29(38)34-24-13-15-35(16-14-24)19-23-9-6-5-7-10-23/h8-9,11-12,22,24H,5-7,10,13-21H2,1-4H3,(H,34,38)/t22-,31+/m1/s1. The normalized spacial score (nSPS) is 25.4. The Morgan fingerprint density at radius 3 is 2.38 bits per heavy atom. The van der Waals surface area contributed by atoms with Crippen LogP contribution >= 0.6 is 23.2 Å². The first-order valence-corrected chi connectivity index (χ1v) is 15.3. The van der Waals surface area contributed by atoms with Gasteiger partial charge in [0.2, 0.25) is 5.91 Å². The predicted octanol–water partition coefficient (Wildman–Crippen LogP) is 6.24. The predicted molar refractivity (Wildman–Crippen MR) is 158 cm³/mol. The number of esters is 1. The van der Waals surface area contributed by atoms with Crippen molar-refractivity contribution in [2.75, 3.05) is 32.7 Å². The smallest absolute Gasteiger partial charge is 0.307 e. The number of allylic oxidation sites excluding steroid dienone is 1. The first-order chi connectivity index (χ1) is 18.4. The summed E-state index contributed by atoms with van der Waals surface area (Å²) < 4.78 is 5.70. The van der Waals surface area contributed by atoms with Gasteiger partial charge in [-0.05, 0) is 77.3 Å². The number of ether oxygens (including phenoxy) is 1. The summed E-state index contributed by atoms with van der Waals surface area (Å²) in [5, 5.41) is 4.59. The van der Waals surface area contributed by atoms with Crippen LogP contribution in [0.1, 0.15) is 78.2 Å². The molecule has 1 aliphatic carbocycles. The molecule has 0 saturated carbocycles. The second-order valence-electron chi connectivity index (χ2n) is 12.8. The highest BCUT2D eigenvalue weighted by Gasteiger charge is 2.52. The minimum Gasteiger partial charge on any atom is -0.460 e. The topological polar surface area (TPSA) is 61.9 Å². The van der Waals surface area contributed by atoms with Crippen molar-refractivity contribution in [2.24, 2.45) is 11.3 Å². The molecule has 2 heterocycles. The van der Waals surface area contributed by atoms with Crippen molar-refractivity contribution in [3.8, 4) is 0 Å². The van der Waals surface area contributed by atoms with E-state index in [0.29, 0.717) is 29.7 Å². The van der Waals surface area contributed by atoms with Gasteiger partial charge in [-0.2, -0.15) is 0 Å². The average Bonchev–Trinajstić information content (AvgIpc) is 3.17. The van der Waals surface area contributed by atoms with E-state index >= 15 is 0 Å². The fraction of sp³-hybridized carbons (Fsp3) is 0.677. The highest BCUT2D eigenvalue weighted by molar-refractivity contribution is 6.35. The molecule has 2 saturated heterocycles. The maximum Gasteiger partial charge on any atom is 0.307 e. The van der Waals surface area contributed by atoms with Crippen molar-refractivity contribution in [3.05, 3.63) is 45.5 Å². The molecule has 0 unspecified atom stereocenters. The largest absolute Gasteiger partial charge is 0.460 e. The van der Waals surface area contributed by atoms with Gasteiger partial charge in [-0.15, -0.1) is 0 Å². The van der Waals surface area contributed by atoms with Crippen LogP contribution in [0.3, 0.4) is 0 Å². The molecule has 1 N–H and O–H groups in total. The van der Waals surface area contributed by atoms with Crippen LogP contribution in [0.25, 0.3) is 0 Å². The number of carbonyl (C=O) groups excluding carboxylic acids is 2. The number of carbonyl (C=O) groups is 2. The Labute approximate surface area is 244 Å². The Hall–Kier alpha value is -1.60. The van der Waals surface area contributed by atoms with Gasteiger partial charge in [0, 0.05) is 60.9 Å². The molecule has 3 aliphatic rings. The van der Waals surface area contributed by atoms with E-state index in [0.717, 1.165) is 38.0 Å². The van der Waals surface area contributed by atoms with Crippen LogP contribution in [0.4, 0.5) is 0 Å². The third-order valence-electron chi connectivity index (χ3n) is 8.49. The molecule has 2 atom stereocenters. The Bertz CT molecular complexity index is 1040. The zero-order valence-electron chi connectivity index (χ0n) is 24.0. The first kappa shape index (κ1) is 30.4.